The van der Waals surface area contributed by atoms with Gasteiger partial charge in [0.1, 0.15) is 23.8 Å². The predicted molar refractivity (Wildman–Crippen MR) is 96.6 cm³/mol. The SMILES string of the molecule is COc1ccc(NC(=O)C[NH+](C)Cc2cc(OC)ccc2OC)cc1. The lowest BCUT2D eigenvalue weighted by atomic mass is 10.1. The summed E-state index contributed by atoms with van der Waals surface area (Å²) < 4.78 is 15.8. The molecule has 0 saturated carbocycles. The van der Waals surface area contributed by atoms with E-state index in [0.717, 1.165) is 33.4 Å². The van der Waals surface area contributed by atoms with E-state index in [9.17, 15) is 4.79 Å². The van der Waals surface area contributed by atoms with Gasteiger partial charge in [0.15, 0.2) is 6.54 Å². The Morgan fingerprint density at radius 1 is 0.960 bits per heavy atom. The molecule has 0 spiro atoms. The van der Waals surface area contributed by atoms with Crippen LogP contribution in [0.1, 0.15) is 5.56 Å². The third kappa shape index (κ3) is 5.39. The fourth-order valence-corrected chi connectivity index (χ4v) is 2.56. The van der Waals surface area contributed by atoms with Crippen molar-refractivity contribution in [1.82, 2.24) is 0 Å². The van der Waals surface area contributed by atoms with Crippen LogP contribution < -0.4 is 24.4 Å². The number of nitrogens with one attached hydrogen (secondary N) is 2. The molecular weight excluding hydrogens is 320 g/mol. The fraction of sp³-hybridized carbons (Fsp3) is 0.316. The maximum absolute atomic E-state index is 12.2. The lowest BCUT2D eigenvalue weighted by molar-refractivity contribution is -0.885. The first-order chi connectivity index (χ1) is 12.0. The minimum absolute atomic E-state index is 0.0514. The summed E-state index contributed by atoms with van der Waals surface area (Å²) in [5, 5.41) is 2.89. The van der Waals surface area contributed by atoms with Crippen LogP contribution in [-0.4, -0.2) is 40.8 Å². The van der Waals surface area contributed by atoms with Crippen molar-refractivity contribution in [1.29, 1.82) is 0 Å². The molecule has 6 nitrogen and oxygen atoms in total. The van der Waals surface area contributed by atoms with Crippen molar-refractivity contribution >= 4 is 11.6 Å². The van der Waals surface area contributed by atoms with E-state index in [-0.39, 0.29) is 5.91 Å². The van der Waals surface area contributed by atoms with Gasteiger partial charge in [-0.15, -0.1) is 0 Å². The molecule has 134 valence electrons. The molecule has 6 heteroatoms. The summed E-state index contributed by atoms with van der Waals surface area (Å²) in [4.78, 5) is 13.3. The quantitative estimate of drug-likeness (QED) is 0.759. The molecule has 0 bridgehead atoms. The zero-order valence-electron chi connectivity index (χ0n) is 15.1. The Morgan fingerprint density at radius 2 is 1.60 bits per heavy atom. The molecule has 25 heavy (non-hydrogen) atoms. The van der Waals surface area contributed by atoms with E-state index in [1.807, 2.05) is 49.5 Å². The second-order valence-electron chi connectivity index (χ2n) is 5.77. The van der Waals surface area contributed by atoms with E-state index in [1.165, 1.54) is 0 Å². The van der Waals surface area contributed by atoms with Crippen molar-refractivity contribution in [3.63, 3.8) is 0 Å². The van der Waals surface area contributed by atoms with Crippen LogP contribution in [0.4, 0.5) is 5.69 Å². The minimum atomic E-state index is -0.0514. The fourth-order valence-electron chi connectivity index (χ4n) is 2.56. The van der Waals surface area contributed by atoms with Crippen LogP contribution in [0.15, 0.2) is 42.5 Å². The average Bonchev–Trinajstić information content (AvgIpc) is 2.62. The number of rotatable bonds is 8. The second kappa shape index (κ2) is 8.94. The van der Waals surface area contributed by atoms with Crippen LogP contribution in [0, 0.1) is 0 Å². The molecule has 1 unspecified atom stereocenters. The topological polar surface area (TPSA) is 61.2 Å². The van der Waals surface area contributed by atoms with Crippen LogP contribution in [0.25, 0.3) is 0 Å². The summed E-state index contributed by atoms with van der Waals surface area (Å²) in [6, 6.07) is 12.9. The Morgan fingerprint density at radius 3 is 2.20 bits per heavy atom. The van der Waals surface area contributed by atoms with Gasteiger partial charge >= 0.3 is 0 Å². The van der Waals surface area contributed by atoms with E-state index < -0.39 is 0 Å². The van der Waals surface area contributed by atoms with E-state index in [4.69, 9.17) is 14.2 Å². The van der Waals surface area contributed by atoms with Crippen molar-refractivity contribution in [3.8, 4) is 17.2 Å². The molecule has 0 heterocycles. The molecule has 0 aliphatic carbocycles. The molecule has 0 aliphatic heterocycles. The number of carbonyl (C=O) groups is 1. The van der Waals surface area contributed by atoms with Crippen LogP contribution in [0.5, 0.6) is 17.2 Å². The normalized spacial score (nSPS) is 11.5. The molecule has 0 radical (unpaired) electrons. The van der Waals surface area contributed by atoms with Crippen LogP contribution in [-0.2, 0) is 11.3 Å². The number of quaternary nitrogens is 1. The Bertz CT molecular complexity index is 701. The van der Waals surface area contributed by atoms with Crippen LogP contribution >= 0.6 is 0 Å². The lowest BCUT2D eigenvalue weighted by Gasteiger charge is -2.16. The standard InChI is InChI=1S/C19H24N2O4/c1-21(12-14-11-17(24-3)9-10-18(14)25-4)13-19(22)20-15-5-7-16(23-2)8-6-15/h5-11H,12-13H2,1-4H3,(H,20,22)/p+1. The molecule has 0 aromatic heterocycles. The van der Waals surface area contributed by atoms with Gasteiger partial charge in [-0.1, -0.05) is 0 Å². The van der Waals surface area contributed by atoms with Gasteiger partial charge in [-0.05, 0) is 42.5 Å². The number of likely N-dealkylation sites (N-methyl/N-ethyl adjacent to an activating group) is 1. The Kier molecular flexibility index (Phi) is 6.65. The van der Waals surface area contributed by atoms with E-state index in [2.05, 4.69) is 5.32 Å². The second-order valence-corrected chi connectivity index (χ2v) is 5.77. The van der Waals surface area contributed by atoms with Crippen LogP contribution in [0.2, 0.25) is 0 Å². The van der Waals surface area contributed by atoms with Gasteiger partial charge in [-0.3, -0.25) is 4.79 Å². The molecule has 0 aliphatic rings. The van der Waals surface area contributed by atoms with Gasteiger partial charge < -0.3 is 24.4 Å². The number of benzene rings is 2. The number of hydrogen-bond acceptors (Lipinski definition) is 4. The molecule has 1 amide bonds. The highest BCUT2D eigenvalue weighted by atomic mass is 16.5. The zero-order valence-corrected chi connectivity index (χ0v) is 15.1. The molecule has 2 rings (SSSR count). The molecule has 2 N–H and O–H groups in total. The summed E-state index contributed by atoms with van der Waals surface area (Å²) in [6.07, 6.45) is 0. The highest BCUT2D eigenvalue weighted by Crippen LogP contribution is 2.23. The largest absolute Gasteiger partial charge is 0.497 e. The van der Waals surface area contributed by atoms with Crippen molar-refractivity contribution in [3.05, 3.63) is 48.0 Å². The number of ether oxygens (including phenoxy) is 3. The van der Waals surface area contributed by atoms with Gasteiger partial charge in [0, 0.05) is 5.69 Å². The van der Waals surface area contributed by atoms with Gasteiger partial charge in [-0.2, -0.15) is 0 Å². The maximum atomic E-state index is 12.2. The smallest absolute Gasteiger partial charge is 0.279 e. The first-order valence-electron chi connectivity index (χ1n) is 8.01. The highest BCUT2D eigenvalue weighted by Gasteiger charge is 2.14. The summed E-state index contributed by atoms with van der Waals surface area (Å²) >= 11 is 0. The number of hydrogen-bond donors (Lipinski definition) is 2. The third-order valence-corrected chi connectivity index (χ3v) is 3.82. The van der Waals surface area contributed by atoms with Gasteiger partial charge in [0.2, 0.25) is 0 Å². The van der Waals surface area contributed by atoms with Crippen LogP contribution in [0.3, 0.4) is 0 Å². The summed E-state index contributed by atoms with van der Waals surface area (Å²) in [7, 11) is 6.84. The Labute approximate surface area is 148 Å². The average molecular weight is 345 g/mol. The van der Waals surface area contributed by atoms with Crippen molar-refractivity contribution in [2.75, 3.05) is 40.2 Å². The van der Waals surface area contributed by atoms with Crippen molar-refractivity contribution in [2.45, 2.75) is 6.54 Å². The number of carbonyl (C=O) groups excluding carboxylic acids is 1. The zero-order chi connectivity index (χ0) is 18.2. The molecule has 2 aromatic carbocycles. The monoisotopic (exact) mass is 345 g/mol. The molecular formula is C19H25N2O4+. The minimum Gasteiger partial charge on any atom is -0.497 e. The summed E-state index contributed by atoms with van der Waals surface area (Å²) in [5.74, 6) is 2.26. The predicted octanol–water partition coefficient (Wildman–Crippen LogP) is 1.37. The molecule has 1 atom stereocenters. The first-order valence-corrected chi connectivity index (χ1v) is 8.01. The Hall–Kier alpha value is -2.73. The highest BCUT2D eigenvalue weighted by molar-refractivity contribution is 5.91. The maximum Gasteiger partial charge on any atom is 0.279 e. The van der Waals surface area contributed by atoms with E-state index in [0.29, 0.717) is 13.1 Å². The van der Waals surface area contributed by atoms with E-state index >= 15 is 0 Å². The van der Waals surface area contributed by atoms with Gasteiger partial charge in [-0.25, -0.2) is 0 Å². The van der Waals surface area contributed by atoms with Gasteiger partial charge in [0.25, 0.3) is 5.91 Å². The molecule has 0 fully saturated rings. The number of anilines is 1. The third-order valence-electron chi connectivity index (χ3n) is 3.82. The first kappa shape index (κ1) is 18.6. The lowest BCUT2D eigenvalue weighted by Crippen LogP contribution is -3.08. The summed E-state index contributed by atoms with van der Waals surface area (Å²) in [6.45, 7) is 0.989. The van der Waals surface area contributed by atoms with Crippen molar-refractivity contribution < 1.29 is 23.9 Å². The summed E-state index contributed by atoms with van der Waals surface area (Å²) in [5.41, 5.74) is 1.74. The van der Waals surface area contributed by atoms with Crippen molar-refractivity contribution in [2.24, 2.45) is 0 Å². The molecule has 0 saturated heterocycles. The Balaban J connectivity index is 1.94. The number of amides is 1. The van der Waals surface area contributed by atoms with Gasteiger partial charge in [0.05, 0.1) is 33.9 Å². The number of methoxy groups -OCH3 is 3. The van der Waals surface area contributed by atoms with E-state index in [1.54, 1.807) is 21.3 Å². The molecule has 2 aromatic rings.